The van der Waals surface area contributed by atoms with Crippen molar-refractivity contribution in [3.05, 3.63) is 64.2 Å². The lowest BCUT2D eigenvalue weighted by Gasteiger charge is -2.12. The largest absolute Gasteiger partial charge is 0.490 e. The zero-order valence-corrected chi connectivity index (χ0v) is 16.3. The molecule has 2 aromatic rings. The Morgan fingerprint density at radius 2 is 2.00 bits per heavy atom. The van der Waals surface area contributed by atoms with Gasteiger partial charge in [0.2, 0.25) is 6.41 Å². The zero-order chi connectivity index (χ0) is 19.4. The third-order valence-corrected chi connectivity index (χ3v) is 4.92. The molecule has 140 valence electrons. The molecule has 0 aromatic heterocycles. The molecule has 5 nitrogen and oxygen atoms in total. The van der Waals surface area contributed by atoms with Crippen LogP contribution in [0, 0.1) is 0 Å². The van der Waals surface area contributed by atoms with E-state index >= 15 is 0 Å². The van der Waals surface area contributed by atoms with Gasteiger partial charge in [-0.05, 0) is 29.8 Å². The number of benzene rings is 2. The van der Waals surface area contributed by atoms with Crippen LogP contribution in [-0.2, 0) is 9.53 Å². The molecule has 1 aliphatic heterocycles. The van der Waals surface area contributed by atoms with Gasteiger partial charge in [0.1, 0.15) is 12.4 Å². The van der Waals surface area contributed by atoms with E-state index in [0.717, 1.165) is 11.1 Å². The fourth-order valence-corrected chi connectivity index (χ4v) is 3.34. The Kier molecular flexibility index (Phi) is 6.26. The first-order valence-corrected chi connectivity index (χ1v) is 9.10. The predicted molar refractivity (Wildman–Crippen MR) is 108 cm³/mol. The van der Waals surface area contributed by atoms with Crippen molar-refractivity contribution in [1.82, 2.24) is 4.90 Å². The molecule has 8 heteroatoms. The van der Waals surface area contributed by atoms with Crippen LogP contribution in [0.15, 0.2) is 54.2 Å². The maximum absolute atomic E-state index is 10.5. The number of hydrogen-bond donors (Lipinski definition) is 0. The molecule has 1 atom stereocenters. The van der Waals surface area contributed by atoms with Crippen LogP contribution in [0.25, 0.3) is 11.1 Å². The molecule has 2 aromatic carbocycles. The molecule has 1 amide bonds. The Morgan fingerprint density at radius 3 is 2.67 bits per heavy atom. The fourth-order valence-electron chi connectivity index (χ4n) is 2.63. The number of hydrogen-bond acceptors (Lipinski definition) is 3. The highest BCUT2D eigenvalue weighted by atomic mass is 35.5. The molecule has 0 aliphatic carbocycles. The molecule has 1 aliphatic rings. The number of amidine groups is 1. The summed E-state index contributed by atoms with van der Waals surface area (Å²) in [5.41, 5.74) is 1.61. The van der Waals surface area contributed by atoms with E-state index in [1.165, 1.54) is 0 Å². The Hall–Kier alpha value is -2.21. The molecule has 0 saturated carbocycles. The molecule has 3 rings (SSSR count). The van der Waals surface area contributed by atoms with Gasteiger partial charge in [-0.15, -0.1) is 0 Å². The van der Waals surface area contributed by atoms with E-state index in [9.17, 15) is 4.79 Å². The van der Waals surface area contributed by atoms with Crippen molar-refractivity contribution in [1.29, 1.82) is 0 Å². The van der Waals surface area contributed by atoms with E-state index < -0.39 is 0 Å². The van der Waals surface area contributed by atoms with Gasteiger partial charge in [0.05, 0.1) is 16.6 Å². The highest BCUT2D eigenvalue weighted by Crippen LogP contribution is 2.37. The molecule has 27 heavy (non-hydrogen) atoms. The van der Waals surface area contributed by atoms with E-state index in [1.807, 2.05) is 24.3 Å². The fraction of sp³-hybridized carbons (Fsp3) is 0.158. The Bertz CT molecular complexity index is 885. The molecule has 1 unspecified atom stereocenters. The van der Waals surface area contributed by atoms with Crippen LogP contribution in [0.5, 0.6) is 5.75 Å². The topological polar surface area (TPSA) is 51.1 Å². The minimum atomic E-state index is -0.262. The summed E-state index contributed by atoms with van der Waals surface area (Å²) in [6.07, 6.45) is 1.72. The molecule has 1 saturated heterocycles. The van der Waals surface area contributed by atoms with Crippen LogP contribution in [0.1, 0.15) is 0 Å². The lowest BCUT2D eigenvalue weighted by Crippen LogP contribution is -2.22. The van der Waals surface area contributed by atoms with Crippen molar-refractivity contribution in [3.63, 3.8) is 0 Å². The lowest BCUT2D eigenvalue weighted by atomic mass is 10.1. The number of carbonyl (C=O) groups is 1. The van der Waals surface area contributed by atoms with Gasteiger partial charge in [-0.1, -0.05) is 53.5 Å². The van der Waals surface area contributed by atoms with Crippen molar-refractivity contribution in [2.45, 2.75) is 6.10 Å². The minimum absolute atomic E-state index is 0.219. The second-order valence-corrected chi connectivity index (χ2v) is 6.90. The van der Waals surface area contributed by atoms with Gasteiger partial charge in [0, 0.05) is 16.8 Å². The van der Waals surface area contributed by atoms with Crippen LogP contribution in [0.3, 0.4) is 0 Å². The summed E-state index contributed by atoms with van der Waals surface area (Å²) in [6, 6.07) is 11.0. The predicted octanol–water partition coefficient (Wildman–Crippen LogP) is 5.05. The Labute approximate surface area is 171 Å². The number of carbonyl (C=O) groups excluding carboxylic acids is 1. The van der Waals surface area contributed by atoms with E-state index in [2.05, 4.69) is 11.6 Å². The number of amides is 1. The molecule has 0 spiro atoms. The molecule has 0 N–H and O–H groups in total. The van der Waals surface area contributed by atoms with E-state index in [-0.39, 0.29) is 12.1 Å². The summed E-state index contributed by atoms with van der Waals surface area (Å²) in [7, 11) is 0. The first-order valence-electron chi connectivity index (χ1n) is 7.97. The SMILES string of the molecule is C=CN1CC(COc2ccc(-c3cc(Cl)cc(Cl)c3Cl)cc2)OC1=NC=O. The van der Waals surface area contributed by atoms with Gasteiger partial charge in [-0.25, -0.2) is 0 Å². The third-order valence-electron chi connectivity index (χ3n) is 3.90. The van der Waals surface area contributed by atoms with Crippen molar-refractivity contribution in [2.24, 2.45) is 4.99 Å². The molecule has 0 radical (unpaired) electrons. The Balaban J connectivity index is 1.66. The van der Waals surface area contributed by atoms with Crippen molar-refractivity contribution in [2.75, 3.05) is 13.2 Å². The van der Waals surface area contributed by atoms with Gasteiger partial charge in [0.25, 0.3) is 6.02 Å². The highest BCUT2D eigenvalue weighted by Gasteiger charge is 2.28. The summed E-state index contributed by atoms with van der Waals surface area (Å²) in [5, 5.41) is 1.36. The quantitative estimate of drug-likeness (QED) is 0.480. The maximum atomic E-state index is 10.5. The molecule has 1 heterocycles. The molecular formula is C19H15Cl3N2O3. The van der Waals surface area contributed by atoms with Gasteiger partial charge < -0.3 is 9.47 Å². The van der Waals surface area contributed by atoms with Crippen LogP contribution in [0.4, 0.5) is 0 Å². The minimum Gasteiger partial charge on any atom is -0.490 e. The smallest absolute Gasteiger partial charge is 0.299 e. The van der Waals surface area contributed by atoms with E-state index in [1.54, 1.807) is 23.2 Å². The van der Waals surface area contributed by atoms with Crippen molar-refractivity contribution >= 4 is 47.2 Å². The summed E-state index contributed by atoms with van der Waals surface area (Å²) < 4.78 is 11.3. The van der Waals surface area contributed by atoms with Crippen molar-refractivity contribution < 1.29 is 14.3 Å². The van der Waals surface area contributed by atoms with Crippen LogP contribution in [-0.4, -0.2) is 36.6 Å². The van der Waals surface area contributed by atoms with E-state index in [4.69, 9.17) is 44.3 Å². The Morgan fingerprint density at radius 1 is 1.26 bits per heavy atom. The van der Waals surface area contributed by atoms with Crippen LogP contribution in [0.2, 0.25) is 15.1 Å². The normalized spacial score (nSPS) is 17.7. The summed E-state index contributed by atoms with van der Waals surface area (Å²) >= 11 is 18.4. The van der Waals surface area contributed by atoms with Gasteiger partial charge >= 0.3 is 0 Å². The third kappa shape index (κ3) is 4.56. The number of nitrogens with zero attached hydrogens (tertiary/aromatic N) is 2. The standard InChI is InChI=1S/C19H15Cl3N2O3/c1-2-24-9-15(27-19(24)23-11-25)10-26-14-5-3-12(4-6-14)16-7-13(20)8-17(21)18(16)22/h2-8,11,15H,1,9-10H2. The van der Waals surface area contributed by atoms with Gasteiger partial charge in [-0.3, -0.25) is 9.69 Å². The molecule has 0 bridgehead atoms. The van der Waals surface area contributed by atoms with Crippen LogP contribution < -0.4 is 4.74 Å². The monoisotopic (exact) mass is 424 g/mol. The zero-order valence-electron chi connectivity index (χ0n) is 14.1. The summed E-state index contributed by atoms with van der Waals surface area (Å²) in [4.78, 5) is 15.8. The number of rotatable bonds is 6. The summed E-state index contributed by atoms with van der Waals surface area (Å²) in [5.74, 6) is 0.664. The maximum Gasteiger partial charge on any atom is 0.299 e. The highest BCUT2D eigenvalue weighted by molar-refractivity contribution is 6.45. The molecular weight excluding hydrogens is 411 g/mol. The first kappa shape index (κ1) is 19.5. The van der Waals surface area contributed by atoms with Crippen LogP contribution >= 0.6 is 34.8 Å². The second-order valence-electron chi connectivity index (χ2n) is 5.68. The molecule has 1 fully saturated rings. The van der Waals surface area contributed by atoms with Gasteiger partial charge in [0.15, 0.2) is 6.10 Å². The average molecular weight is 426 g/mol. The number of ether oxygens (including phenoxy) is 2. The summed E-state index contributed by atoms with van der Waals surface area (Å²) in [6.45, 7) is 4.47. The number of aliphatic imine (C=N–C) groups is 1. The average Bonchev–Trinajstić information content (AvgIpc) is 3.06. The van der Waals surface area contributed by atoms with Gasteiger partial charge in [-0.2, -0.15) is 4.99 Å². The first-order chi connectivity index (χ1) is 13.0. The second kappa shape index (κ2) is 8.65. The van der Waals surface area contributed by atoms with E-state index in [0.29, 0.717) is 40.4 Å². The number of halogens is 3. The lowest BCUT2D eigenvalue weighted by molar-refractivity contribution is -0.106. The van der Waals surface area contributed by atoms with Crippen molar-refractivity contribution in [3.8, 4) is 16.9 Å².